The smallest absolute Gasteiger partial charge is 0.303 e. The molecule has 1 aliphatic rings. The first-order valence-corrected chi connectivity index (χ1v) is 4.32. The molecule has 2 rings (SSSR count). The molecule has 0 aromatic carbocycles. The monoisotopic (exact) mass is 180 g/mol. The number of aromatic nitrogens is 2. The molecule has 5 nitrogen and oxygen atoms in total. The lowest BCUT2D eigenvalue weighted by atomic mass is 10.4. The zero-order chi connectivity index (χ0) is 9.26. The Labute approximate surface area is 76.3 Å². The second-order valence-corrected chi connectivity index (χ2v) is 3.08. The van der Waals surface area contributed by atoms with Crippen LogP contribution in [-0.2, 0) is 7.05 Å². The van der Waals surface area contributed by atoms with Crippen LogP contribution >= 0.6 is 0 Å². The molecular formula is C8H12N4O. The first-order valence-electron chi connectivity index (χ1n) is 4.32. The number of hydrogen-bond donors (Lipinski definition) is 1. The summed E-state index contributed by atoms with van der Waals surface area (Å²) in [6, 6.07) is 0. The fourth-order valence-corrected chi connectivity index (χ4v) is 1.40. The summed E-state index contributed by atoms with van der Waals surface area (Å²) in [7, 11) is 1.82. The summed E-state index contributed by atoms with van der Waals surface area (Å²) in [5, 5.41) is 1.61. The van der Waals surface area contributed by atoms with E-state index in [2.05, 4.69) is 10.4 Å². The van der Waals surface area contributed by atoms with Crippen LogP contribution in [0.3, 0.4) is 0 Å². The second-order valence-electron chi connectivity index (χ2n) is 3.08. The van der Waals surface area contributed by atoms with Crippen LogP contribution in [0.2, 0.25) is 0 Å². The Morgan fingerprint density at radius 3 is 3.08 bits per heavy atom. The van der Waals surface area contributed by atoms with Crippen molar-refractivity contribution in [1.82, 2.24) is 20.0 Å². The predicted molar refractivity (Wildman–Crippen MR) is 46.9 cm³/mol. The van der Waals surface area contributed by atoms with Gasteiger partial charge in [-0.05, 0) is 6.42 Å². The molecular weight excluding hydrogens is 168 g/mol. The molecule has 1 aromatic rings. The van der Waals surface area contributed by atoms with Gasteiger partial charge in [0.15, 0.2) is 5.82 Å². The Hall–Kier alpha value is -1.36. The van der Waals surface area contributed by atoms with Gasteiger partial charge in [-0.3, -0.25) is 9.80 Å². The van der Waals surface area contributed by atoms with E-state index in [0.29, 0.717) is 5.82 Å². The third-order valence-corrected chi connectivity index (χ3v) is 2.12. The van der Waals surface area contributed by atoms with Gasteiger partial charge in [0.25, 0.3) is 0 Å². The molecule has 1 N–H and O–H groups in total. The Bertz CT molecular complexity index is 314. The number of carbonyl (C=O) groups excluding carboxylic acids is 1. The van der Waals surface area contributed by atoms with Crippen molar-refractivity contribution in [2.24, 2.45) is 7.05 Å². The van der Waals surface area contributed by atoms with Gasteiger partial charge in [-0.2, -0.15) is 0 Å². The van der Waals surface area contributed by atoms with Gasteiger partial charge in [-0.25, -0.2) is 10.4 Å². The fraction of sp³-hybridized carbons (Fsp3) is 0.500. The number of aryl methyl sites for hydroxylation is 1. The molecule has 0 unspecified atom stereocenters. The Morgan fingerprint density at radius 1 is 1.69 bits per heavy atom. The summed E-state index contributed by atoms with van der Waals surface area (Å²) in [5.74, 6) is 0.430. The first-order chi connectivity index (χ1) is 6.29. The maximum Gasteiger partial charge on any atom is 0.303 e. The summed E-state index contributed by atoms with van der Waals surface area (Å²) in [5.41, 5.74) is 3.00. The number of imidazole rings is 1. The quantitative estimate of drug-likeness (QED) is 0.649. The van der Waals surface area contributed by atoms with Gasteiger partial charge in [-0.15, -0.1) is 0 Å². The summed E-state index contributed by atoms with van der Waals surface area (Å²) >= 11 is 0. The minimum atomic E-state index is -0.0509. The minimum Gasteiger partial charge on any atom is -0.330 e. The molecule has 0 radical (unpaired) electrons. The molecule has 0 saturated carbocycles. The van der Waals surface area contributed by atoms with Crippen LogP contribution in [0.15, 0.2) is 12.4 Å². The highest BCUT2D eigenvalue weighted by atomic mass is 16.2. The molecule has 0 spiro atoms. The van der Waals surface area contributed by atoms with Gasteiger partial charge in [0.1, 0.15) is 0 Å². The number of carbonyl (C=O) groups is 1. The molecule has 1 amide bonds. The molecule has 0 bridgehead atoms. The van der Waals surface area contributed by atoms with Crippen molar-refractivity contribution in [3.8, 4) is 0 Å². The molecule has 0 aliphatic carbocycles. The van der Waals surface area contributed by atoms with Crippen molar-refractivity contribution >= 4 is 5.91 Å². The largest absolute Gasteiger partial charge is 0.330 e. The molecule has 2 heterocycles. The van der Waals surface area contributed by atoms with Crippen molar-refractivity contribution in [2.45, 2.75) is 6.42 Å². The molecule has 13 heavy (non-hydrogen) atoms. The fourth-order valence-electron chi connectivity index (χ4n) is 1.40. The summed E-state index contributed by atoms with van der Waals surface area (Å²) in [4.78, 5) is 15.7. The van der Waals surface area contributed by atoms with Crippen LogP contribution in [0.4, 0.5) is 0 Å². The molecule has 1 saturated heterocycles. The van der Waals surface area contributed by atoms with Crippen LogP contribution in [-0.4, -0.2) is 33.6 Å². The van der Waals surface area contributed by atoms with E-state index in [1.165, 1.54) is 0 Å². The highest BCUT2D eigenvalue weighted by Gasteiger charge is 2.21. The third kappa shape index (κ3) is 1.42. The Kier molecular flexibility index (Phi) is 2.02. The van der Waals surface area contributed by atoms with E-state index in [-0.39, 0.29) is 5.91 Å². The van der Waals surface area contributed by atoms with Crippen LogP contribution in [0, 0.1) is 0 Å². The van der Waals surface area contributed by atoms with Gasteiger partial charge in [0, 0.05) is 32.5 Å². The summed E-state index contributed by atoms with van der Waals surface area (Å²) < 4.78 is 1.72. The van der Waals surface area contributed by atoms with Crippen molar-refractivity contribution in [1.29, 1.82) is 0 Å². The average molecular weight is 180 g/mol. The van der Waals surface area contributed by atoms with Crippen molar-refractivity contribution < 1.29 is 4.79 Å². The van der Waals surface area contributed by atoms with Gasteiger partial charge < -0.3 is 4.57 Å². The predicted octanol–water partition coefficient (Wildman–Crippen LogP) is -0.229. The maximum absolute atomic E-state index is 11.7. The van der Waals surface area contributed by atoms with Crippen LogP contribution in [0.25, 0.3) is 0 Å². The van der Waals surface area contributed by atoms with E-state index in [1.807, 2.05) is 7.05 Å². The molecule has 1 aromatic heterocycles. The molecule has 1 aliphatic heterocycles. The first kappa shape index (κ1) is 8.25. The summed E-state index contributed by atoms with van der Waals surface area (Å²) in [6.45, 7) is 1.64. The lowest BCUT2D eigenvalue weighted by Gasteiger charge is -2.14. The van der Waals surface area contributed by atoms with Gasteiger partial charge in [0.2, 0.25) is 0 Å². The standard InChI is InChI=1S/C8H12N4O/c1-11-6-4-9-7(11)8(13)12-5-2-3-10-12/h4,6,10H,2-3,5H2,1H3. The number of hydrazine groups is 1. The van der Waals surface area contributed by atoms with Crippen LogP contribution in [0.1, 0.15) is 17.0 Å². The third-order valence-electron chi connectivity index (χ3n) is 2.12. The van der Waals surface area contributed by atoms with Gasteiger partial charge >= 0.3 is 5.91 Å². The van der Waals surface area contributed by atoms with E-state index in [1.54, 1.807) is 22.0 Å². The normalized spacial score (nSPS) is 16.5. The van der Waals surface area contributed by atoms with Gasteiger partial charge in [-0.1, -0.05) is 0 Å². The van der Waals surface area contributed by atoms with Gasteiger partial charge in [0.05, 0.1) is 0 Å². The Balaban J connectivity index is 2.17. The van der Waals surface area contributed by atoms with Crippen molar-refractivity contribution in [3.63, 3.8) is 0 Å². The number of nitrogens with zero attached hydrogens (tertiary/aromatic N) is 3. The van der Waals surface area contributed by atoms with E-state index in [9.17, 15) is 4.79 Å². The minimum absolute atomic E-state index is 0.0509. The van der Waals surface area contributed by atoms with E-state index in [4.69, 9.17) is 0 Å². The SMILES string of the molecule is Cn1ccnc1C(=O)N1CCCN1. The molecule has 5 heteroatoms. The van der Waals surface area contributed by atoms with Crippen LogP contribution in [0.5, 0.6) is 0 Å². The molecule has 0 atom stereocenters. The molecule has 1 fully saturated rings. The van der Waals surface area contributed by atoms with Crippen LogP contribution < -0.4 is 5.43 Å². The zero-order valence-electron chi connectivity index (χ0n) is 7.53. The maximum atomic E-state index is 11.7. The second kappa shape index (κ2) is 3.18. The number of hydrogen-bond acceptors (Lipinski definition) is 3. The lowest BCUT2D eigenvalue weighted by Crippen LogP contribution is -2.38. The molecule has 70 valence electrons. The Morgan fingerprint density at radius 2 is 2.54 bits per heavy atom. The van der Waals surface area contributed by atoms with Crippen molar-refractivity contribution in [3.05, 3.63) is 18.2 Å². The summed E-state index contributed by atoms with van der Waals surface area (Å²) in [6.07, 6.45) is 4.41. The highest BCUT2D eigenvalue weighted by Crippen LogP contribution is 2.03. The highest BCUT2D eigenvalue weighted by molar-refractivity contribution is 5.90. The van der Waals surface area contributed by atoms with Crippen molar-refractivity contribution in [2.75, 3.05) is 13.1 Å². The van der Waals surface area contributed by atoms with E-state index in [0.717, 1.165) is 19.5 Å². The van der Waals surface area contributed by atoms with E-state index >= 15 is 0 Å². The number of amides is 1. The number of rotatable bonds is 1. The zero-order valence-corrected chi connectivity index (χ0v) is 7.53. The number of nitrogens with one attached hydrogen (secondary N) is 1. The van der Waals surface area contributed by atoms with E-state index < -0.39 is 0 Å². The average Bonchev–Trinajstić information content (AvgIpc) is 2.72. The topological polar surface area (TPSA) is 50.2 Å². The lowest BCUT2D eigenvalue weighted by molar-refractivity contribution is 0.0710.